The maximum Gasteiger partial charge on any atom is 0.247 e. The van der Waals surface area contributed by atoms with Crippen molar-refractivity contribution >= 4 is 11.8 Å². The summed E-state index contributed by atoms with van der Waals surface area (Å²) in [4.78, 5) is 6.52. The summed E-state index contributed by atoms with van der Waals surface area (Å²) in [7, 11) is 3.66. The minimum atomic E-state index is 0.626. The molecule has 1 aromatic carbocycles. The predicted octanol–water partition coefficient (Wildman–Crippen LogP) is 2.73. The second-order valence-electron chi connectivity index (χ2n) is 5.08. The lowest BCUT2D eigenvalue weighted by molar-refractivity contribution is 0.410. The third-order valence-electron chi connectivity index (χ3n) is 3.39. The van der Waals surface area contributed by atoms with Crippen molar-refractivity contribution in [3.8, 4) is 5.75 Å². The fourth-order valence-electron chi connectivity index (χ4n) is 2.07. The van der Waals surface area contributed by atoms with Crippen LogP contribution < -0.4 is 15.0 Å². The Hall–Kier alpha value is -2.37. The zero-order valence-electron chi connectivity index (χ0n) is 13.4. The van der Waals surface area contributed by atoms with Gasteiger partial charge in [-0.3, -0.25) is 0 Å². The van der Waals surface area contributed by atoms with Crippen LogP contribution in [-0.2, 0) is 6.54 Å². The van der Waals surface area contributed by atoms with Gasteiger partial charge in [-0.05, 0) is 12.5 Å². The van der Waals surface area contributed by atoms with Crippen LogP contribution in [0.1, 0.15) is 25.3 Å². The van der Waals surface area contributed by atoms with E-state index in [2.05, 4.69) is 27.4 Å². The number of ether oxygens (including phenoxy) is 1. The van der Waals surface area contributed by atoms with E-state index in [0.717, 1.165) is 30.7 Å². The number of nitrogens with one attached hydrogen (secondary N) is 1. The molecule has 2 aromatic rings. The van der Waals surface area contributed by atoms with E-state index in [4.69, 9.17) is 4.74 Å². The summed E-state index contributed by atoms with van der Waals surface area (Å²) >= 11 is 0. The van der Waals surface area contributed by atoms with E-state index in [-0.39, 0.29) is 0 Å². The maximum absolute atomic E-state index is 5.34. The highest BCUT2D eigenvalue weighted by molar-refractivity contribution is 5.41. The Morgan fingerprint density at radius 1 is 1.27 bits per heavy atom. The molecule has 1 aromatic heterocycles. The molecule has 0 saturated carbocycles. The van der Waals surface area contributed by atoms with E-state index < -0.39 is 0 Å². The minimum Gasteiger partial charge on any atom is -0.496 e. The lowest BCUT2D eigenvalue weighted by Crippen LogP contribution is -2.21. The van der Waals surface area contributed by atoms with Gasteiger partial charge < -0.3 is 15.0 Å². The average molecular weight is 301 g/mol. The minimum absolute atomic E-state index is 0.626. The molecule has 0 bridgehead atoms. The number of nitrogens with zero attached hydrogens (tertiary/aromatic N) is 4. The van der Waals surface area contributed by atoms with Crippen LogP contribution in [0.2, 0.25) is 0 Å². The molecule has 2 rings (SSSR count). The standard InChI is InChI=1S/C16H23N5O/c1-4-5-10-21(2)16-19-15(12-18-20-16)17-11-13-8-6-7-9-14(13)22-3/h6-9,12H,4-5,10-11H2,1-3H3,(H,17,19,20). The van der Waals surface area contributed by atoms with Crippen molar-refractivity contribution in [2.45, 2.75) is 26.3 Å². The van der Waals surface area contributed by atoms with E-state index in [1.165, 1.54) is 0 Å². The lowest BCUT2D eigenvalue weighted by atomic mass is 10.2. The molecule has 0 fully saturated rings. The molecule has 0 spiro atoms. The Labute approximate surface area is 131 Å². The third kappa shape index (κ3) is 4.31. The fourth-order valence-corrected chi connectivity index (χ4v) is 2.07. The second-order valence-corrected chi connectivity index (χ2v) is 5.08. The molecule has 6 heteroatoms. The van der Waals surface area contributed by atoms with Crippen molar-refractivity contribution in [1.29, 1.82) is 0 Å². The van der Waals surface area contributed by atoms with Crippen LogP contribution in [0.4, 0.5) is 11.8 Å². The van der Waals surface area contributed by atoms with Gasteiger partial charge in [-0.1, -0.05) is 31.5 Å². The van der Waals surface area contributed by atoms with E-state index in [1.54, 1.807) is 13.3 Å². The number of methoxy groups -OCH3 is 1. The highest BCUT2D eigenvalue weighted by Crippen LogP contribution is 2.18. The number of unbranched alkanes of at least 4 members (excludes halogenated alkanes) is 1. The normalized spacial score (nSPS) is 10.3. The number of rotatable bonds is 8. The van der Waals surface area contributed by atoms with E-state index in [0.29, 0.717) is 18.3 Å². The molecule has 118 valence electrons. The first kappa shape index (κ1) is 16.0. The monoisotopic (exact) mass is 301 g/mol. The van der Waals surface area contributed by atoms with Crippen LogP contribution >= 0.6 is 0 Å². The molecule has 1 heterocycles. The Balaban J connectivity index is 2.01. The summed E-state index contributed by atoms with van der Waals surface area (Å²) in [5.74, 6) is 2.20. The molecular formula is C16H23N5O. The number of para-hydroxylation sites is 1. The SMILES string of the molecule is CCCCN(C)c1nncc(NCc2ccccc2OC)n1. The van der Waals surface area contributed by atoms with Crippen molar-refractivity contribution in [1.82, 2.24) is 15.2 Å². The van der Waals surface area contributed by atoms with Gasteiger partial charge in [-0.2, -0.15) is 10.1 Å². The van der Waals surface area contributed by atoms with Gasteiger partial charge in [0.25, 0.3) is 0 Å². The van der Waals surface area contributed by atoms with Crippen molar-refractivity contribution < 1.29 is 4.74 Å². The molecular weight excluding hydrogens is 278 g/mol. The summed E-state index contributed by atoms with van der Waals surface area (Å²) in [6.45, 7) is 3.72. The summed E-state index contributed by atoms with van der Waals surface area (Å²) in [5.41, 5.74) is 1.07. The van der Waals surface area contributed by atoms with Gasteiger partial charge >= 0.3 is 0 Å². The molecule has 0 amide bonds. The summed E-state index contributed by atoms with van der Waals surface area (Å²) in [6.07, 6.45) is 3.88. The van der Waals surface area contributed by atoms with E-state index in [9.17, 15) is 0 Å². The van der Waals surface area contributed by atoms with Crippen LogP contribution in [-0.4, -0.2) is 35.9 Å². The first-order valence-electron chi connectivity index (χ1n) is 7.51. The van der Waals surface area contributed by atoms with Crippen molar-refractivity contribution in [2.24, 2.45) is 0 Å². The van der Waals surface area contributed by atoms with Crippen LogP contribution in [0.15, 0.2) is 30.5 Å². The van der Waals surface area contributed by atoms with E-state index in [1.807, 2.05) is 36.2 Å². The fraction of sp³-hybridized carbons (Fsp3) is 0.438. The molecule has 6 nitrogen and oxygen atoms in total. The largest absolute Gasteiger partial charge is 0.496 e. The number of hydrogen-bond donors (Lipinski definition) is 1. The number of benzene rings is 1. The van der Waals surface area contributed by atoms with Crippen molar-refractivity contribution in [3.63, 3.8) is 0 Å². The molecule has 1 N–H and O–H groups in total. The Morgan fingerprint density at radius 3 is 2.86 bits per heavy atom. The molecule has 0 radical (unpaired) electrons. The van der Waals surface area contributed by atoms with Gasteiger partial charge in [0, 0.05) is 25.7 Å². The zero-order chi connectivity index (χ0) is 15.8. The zero-order valence-corrected chi connectivity index (χ0v) is 13.4. The molecule has 0 unspecified atom stereocenters. The molecule has 0 saturated heterocycles. The van der Waals surface area contributed by atoms with Crippen LogP contribution in [0.5, 0.6) is 5.75 Å². The maximum atomic E-state index is 5.34. The van der Waals surface area contributed by atoms with Gasteiger partial charge in [0.1, 0.15) is 5.75 Å². The number of aromatic nitrogens is 3. The lowest BCUT2D eigenvalue weighted by Gasteiger charge is -2.16. The Bertz CT molecular complexity index is 590. The van der Waals surface area contributed by atoms with Gasteiger partial charge in [-0.25, -0.2) is 0 Å². The van der Waals surface area contributed by atoms with Gasteiger partial charge in [0.2, 0.25) is 5.95 Å². The molecule has 0 aliphatic rings. The number of hydrogen-bond acceptors (Lipinski definition) is 6. The second kappa shape index (κ2) is 8.17. The summed E-state index contributed by atoms with van der Waals surface area (Å²) < 4.78 is 5.34. The molecule has 0 atom stereocenters. The molecule has 0 aliphatic carbocycles. The van der Waals surface area contributed by atoms with Gasteiger partial charge in [0.05, 0.1) is 13.3 Å². The van der Waals surface area contributed by atoms with Crippen molar-refractivity contribution in [2.75, 3.05) is 30.9 Å². The summed E-state index contributed by atoms with van der Waals surface area (Å²) in [5, 5.41) is 11.4. The molecule has 0 aliphatic heterocycles. The smallest absolute Gasteiger partial charge is 0.247 e. The topological polar surface area (TPSA) is 63.2 Å². The van der Waals surface area contributed by atoms with Crippen molar-refractivity contribution in [3.05, 3.63) is 36.0 Å². The summed E-state index contributed by atoms with van der Waals surface area (Å²) in [6, 6.07) is 7.91. The Morgan fingerprint density at radius 2 is 2.09 bits per heavy atom. The average Bonchev–Trinajstić information content (AvgIpc) is 2.58. The van der Waals surface area contributed by atoms with Crippen LogP contribution in [0.25, 0.3) is 0 Å². The van der Waals surface area contributed by atoms with Crippen LogP contribution in [0.3, 0.4) is 0 Å². The molecule has 22 heavy (non-hydrogen) atoms. The van der Waals surface area contributed by atoms with E-state index >= 15 is 0 Å². The quantitative estimate of drug-likeness (QED) is 0.809. The number of anilines is 2. The predicted molar refractivity (Wildman–Crippen MR) is 88.3 cm³/mol. The highest BCUT2D eigenvalue weighted by Gasteiger charge is 2.07. The van der Waals surface area contributed by atoms with Crippen LogP contribution in [0, 0.1) is 0 Å². The first-order chi connectivity index (χ1) is 10.7. The highest BCUT2D eigenvalue weighted by atomic mass is 16.5. The third-order valence-corrected chi connectivity index (χ3v) is 3.39. The van der Waals surface area contributed by atoms with Gasteiger partial charge in [-0.15, -0.1) is 5.10 Å². The van der Waals surface area contributed by atoms with Gasteiger partial charge in [0.15, 0.2) is 5.82 Å². The Kier molecular flexibility index (Phi) is 5.94. The first-order valence-corrected chi connectivity index (χ1v) is 7.51.